The van der Waals surface area contributed by atoms with Crippen molar-refractivity contribution in [3.05, 3.63) is 184 Å². The van der Waals surface area contributed by atoms with Gasteiger partial charge in [0.25, 0.3) is 0 Å². The minimum Gasteiger partial charge on any atom is -0.497 e. The van der Waals surface area contributed by atoms with Gasteiger partial charge >= 0.3 is 5.97 Å². The zero-order valence-corrected chi connectivity index (χ0v) is 27.6. The lowest BCUT2D eigenvalue weighted by Gasteiger charge is -2.36. The normalized spacial score (nSPS) is 11.3. The van der Waals surface area contributed by atoms with Gasteiger partial charge < -0.3 is 18.8 Å². The fraction of sp³-hybridized carbons (Fsp3) is 0.143. The SMILES string of the molecule is C=C(COC(c1ccccc1)(c1ccccc1)c1ccccc1)c1cc2c(cc1F)c(=O)c(C(=O)OCC)cn2-c1ccc(OC)cc1C. The highest BCUT2D eigenvalue weighted by molar-refractivity contribution is 5.95. The lowest BCUT2D eigenvalue weighted by Crippen LogP contribution is -2.33. The van der Waals surface area contributed by atoms with E-state index in [9.17, 15) is 9.59 Å². The summed E-state index contributed by atoms with van der Waals surface area (Å²) in [5, 5.41) is 0.0305. The van der Waals surface area contributed by atoms with E-state index in [-0.39, 0.29) is 29.7 Å². The number of esters is 1. The fourth-order valence-corrected chi connectivity index (χ4v) is 6.24. The van der Waals surface area contributed by atoms with Crippen LogP contribution < -0.4 is 10.2 Å². The van der Waals surface area contributed by atoms with Gasteiger partial charge in [0.2, 0.25) is 5.43 Å². The monoisotopic (exact) mass is 653 g/mol. The van der Waals surface area contributed by atoms with Crippen LogP contribution in [0.5, 0.6) is 5.75 Å². The summed E-state index contributed by atoms with van der Waals surface area (Å²) in [4.78, 5) is 26.5. The molecule has 0 saturated carbocycles. The number of fused-ring (bicyclic) bond motifs is 1. The number of halogens is 1. The highest BCUT2D eigenvalue weighted by Gasteiger charge is 2.38. The van der Waals surface area contributed by atoms with Crippen molar-refractivity contribution in [2.24, 2.45) is 0 Å². The Morgan fingerprint density at radius 2 is 1.39 bits per heavy atom. The lowest BCUT2D eigenvalue weighted by molar-refractivity contribution is 0.0355. The molecular weight excluding hydrogens is 617 g/mol. The van der Waals surface area contributed by atoms with Crippen LogP contribution >= 0.6 is 0 Å². The van der Waals surface area contributed by atoms with Crippen LogP contribution in [0.15, 0.2) is 139 Å². The summed E-state index contributed by atoms with van der Waals surface area (Å²) < 4.78 is 35.3. The van der Waals surface area contributed by atoms with Crippen LogP contribution in [0.1, 0.15) is 45.1 Å². The minimum absolute atomic E-state index is 0.0305. The summed E-state index contributed by atoms with van der Waals surface area (Å²) in [5.74, 6) is -0.800. The maximum atomic E-state index is 16.1. The van der Waals surface area contributed by atoms with E-state index >= 15 is 4.39 Å². The van der Waals surface area contributed by atoms with Crippen LogP contribution in [0.4, 0.5) is 4.39 Å². The third-order valence-electron chi connectivity index (χ3n) is 8.64. The van der Waals surface area contributed by atoms with Gasteiger partial charge in [0.15, 0.2) is 0 Å². The number of hydrogen-bond acceptors (Lipinski definition) is 5. The second kappa shape index (κ2) is 14.1. The molecule has 1 heterocycles. The maximum Gasteiger partial charge on any atom is 0.343 e. The van der Waals surface area contributed by atoms with Gasteiger partial charge in [0, 0.05) is 22.8 Å². The summed E-state index contributed by atoms with van der Waals surface area (Å²) in [5.41, 5.74) is 3.25. The molecule has 7 heteroatoms. The van der Waals surface area contributed by atoms with Gasteiger partial charge in [-0.2, -0.15) is 0 Å². The van der Waals surface area contributed by atoms with E-state index in [1.165, 1.54) is 6.20 Å². The van der Waals surface area contributed by atoms with E-state index in [1.807, 2.05) is 110 Å². The molecule has 0 atom stereocenters. The number of aryl methyl sites for hydroxylation is 1. The predicted octanol–water partition coefficient (Wildman–Crippen LogP) is 8.65. The maximum absolute atomic E-state index is 16.1. The second-order valence-electron chi connectivity index (χ2n) is 11.6. The second-order valence-corrected chi connectivity index (χ2v) is 11.6. The molecule has 0 N–H and O–H groups in total. The lowest BCUT2D eigenvalue weighted by atomic mass is 9.80. The Bertz CT molecular complexity index is 2100. The molecule has 0 aliphatic rings. The zero-order chi connectivity index (χ0) is 34.5. The topological polar surface area (TPSA) is 66.8 Å². The average Bonchev–Trinajstić information content (AvgIpc) is 3.13. The van der Waals surface area contributed by atoms with Crippen molar-refractivity contribution < 1.29 is 23.4 Å². The summed E-state index contributed by atoms with van der Waals surface area (Å²) in [6.07, 6.45) is 1.45. The summed E-state index contributed by atoms with van der Waals surface area (Å²) in [7, 11) is 1.58. The first-order chi connectivity index (χ1) is 23.8. The smallest absolute Gasteiger partial charge is 0.343 e. The van der Waals surface area contributed by atoms with Crippen molar-refractivity contribution in [2.45, 2.75) is 19.4 Å². The van der Waals surface area contributed by atoms with Gasteiger partial charge in [-0.25, -0.2) is 9.18 Å². The molecular formula is C42H36FNO5. The molecule has 49 heavy (non-hydrogen) atoms. The van der Waals surface area contributed by atoms with E-state index < -0.39 is 22.8 Å². The van der Waals surface area contributed by atoms with Crippen LogP contribution in [0.2, 0.25) is 0 Å². The molecule has 6 aromatic rings. The number of ether oxygens (including phenoxy) is 3. The molecule has 6 rings (SSSR count). The van der Waals surface area contributed by atoms with Crippen LogP contribution in [0, 0.1) is 12.7 Å². The Balaban J connectivity index is 1.49. The largest absolute Gasteiger partial charge is 0.497 e. The minimum atomic E-state index is -1.04. The number of benzene rings is 5. The molecule has 0 aliphatic carbocycles. The van der Waals surface area contributed by atoms with Crippen LogP contribution in [-0.2, 0) is 15.1 Å². The van der Waals surface area contributed by atoms with Gasteiger partial charge in [0.05, 0.1) is 25.8 Å². The Kier molecular flexibility index (Phi) is 9.56. The van der Waals surface area contributed by atoms with Gasteiger partial charge in [0.1, 0.15) is 22.7 Å². The van der Waals surface area contributed by atoms with Crippen LogP contribution in [0.3, 0.4) is 0 Å². The molecule has 0 amide bonds. The molecule has 0 unspecified atom stereocenters. The van der Waals surface area contributed by atoms with Crippen molar-refractivity contribution in [1.82, 2.24) is 4.57 Å². The molecule has 0 saturated heterocycles. The summed E-state index contributed by atoms with van der Waals surface area (Å²) >= 11 is 0. The third kappa shape index (κ3) is 6.28. The molecule has 246 valence electrons. The average molecular weight is 654 g/mol. The van der Waals surface area contributed by atoms with Gasteiger partial charge in [-0.05, 0) is 72.0 Å². The van der Waals surface area contributed by atoms with Gasteiger partial charge in [-0.15, -0.1) is 0 Å². The van der Waals surface area contributed by atoms with Gasteiger partial charge in [-0.3, -0.25) is 4.79 Å². The predicted molar refractivity (Wildman–Crippen MR) is 191 cm³/mol. The molecule has 0 spiro atoms. The molecule has 0 aliphatic heterocycles. The van der Waals surface area contributed by atoms with Crippen molar-refractivity contribution >= 4 is 22.4 Å². The number of nitrogens with zero attached hydrogens (tertiary/aromatic N) is 1. The fourth-order valence-electron chi connectivity index (χ4n) is 6.24. The highest BCUT2D eigenvalue weighted by atomic mass is 19.1. The Hall–Kier alpha value is -5.79. The Labute approximate surface area is 284 Å². The van der Waals surface area contributed by atoms with Gasteiger partial charge in [-0.1, -0.05) is 97.6 Å². The standard InChI is InChI=1S/C42H36FNO5/c1-5-48-41(46)36-26-44(38-22-21-33(47-4)23-28(38)2)39-25-34(37(43)24-35(39)40(36)45)29(3)27-49-42(30-15-9-6-10-16-30,31-17-11-7-12-18-31)32-19-13-8-14-20-32/h6-26H,3,5,27H2,1-2,4H3. The van der Waals surface area contributed by atoms with E-state index in [2.05, 4.69) is 6.58 Å². The first kappa shape index (κ1) is 33.1. The van der Waals surface area contributed by atoms with E-state index in [0.29, 0.717) is 22.5 Å². The highest BCUT2D eigenvalue weighted by Crippen LogP contribution is 2.41. The number of carbonyl (C=O) groups excluding carboxylic acids is 1. The zero-order valence-electron chi connectivity index (χ0n) is 27.6. The number of carbonyl (C=O) groups is 1. The van der Waals surface area contributed by atoms with Crippen LogP contribution in [0.25, 0.3) is 22.2 Å². The number of rotatable bonds is 11. The molecule has 0 radical (unpaired) electrons. The molecule has 0 fully saturated rings. The molecule has 0 bridgehead atoms. The van der Waals surface area contributed by atoms with Crippen molar-refractivity contribution in [3.8, 4) is 11.4 Å². The number of pyridine rings is 1. The Morgan fingerprint density at radius 3 is 1.90 bits per heavy atom. The van der Waals surface area contributed by atoms with Crippen LogP contribution in [-0.4, -0.2) is 30.9 Å². The summed E-state index contributed by atoms with van der Waals surface area (Å²) in [6, 6.07) is 37.9. The number of methoxy groups -OCH3 is 1. The Morgan fingerprint density at radius 1 is 0.816 bits per heavy atom. The molecule has 1 aromatic heterocycles. The van der Waals surface area contributed by atoms with E-state index in [4.69, 9.17) is 14.2 Å². The molecule has 5 aromatic carbocycles. The first-order valence-corrected chi connectivity index (χ1v) is 16.0. The molecule has 6 nitrogen and oxygen atoms in total. The third-order valence-corrected chi connectivity index (χ3v) is 8.64. The van der Waals surface area contributed by atoms with Crippen molar-refractivity contribution in [2.75, 3.05) is 20.3 Å². The number of hydrogen-bond donors (Lipinski definition) is 0. The van der Waals surface area contributed by atoms with Crippen molar-refractivity contribution in [3.63, 3.8) is 0 Å². The van der Waals surface area contributed by atoms with Crippen molar-refractivity contribution in [1.29, 1.82) is 0 Å². The van der Waals surface area contributed by atoms with E-state index in [1.54, 1.807) is 30.7 Å². The quantitative estimate of drug-likeness (QED) is 0.103. The summed E-state index contributed by atoms with van der Waals surface area (Å²) in [6.45, 7) is 7.85. The van der Waals surface area contributed by atoms with E-state index in [0.717, 1.165) is 28.3 Å². The number of aromatic nitrogens is 1. The first-order valence-electron chi connectivity index (χ1n) is 16.0.